The first kappa shape index (κ1) is 19.6. The first-order chi connectivity index (χ1) is 14.0. The number of halogens is 1. The average Bonchev–Trinajstić information content (AvgIpc) is 3.11. The Kier molecular flexibility index (Phi) is 5.63. The second-order valence-electron chi connectivity index (χ2n) is 8.10. The molecule has 1 aromatic carbocycles. The number of pyridine rings is 1. The molecule has 1 N–H and O–H groups in total. The number of likely N-dealkylation sites (tertiary alicyclic amines) is 2. The van der Waals surface area contributed by atoms with E-state index in [2.05, 4.69) is 27.3 Å². The molecule has 4 rings (SSSR count). The number of carbonyl (C=O) groups is 1. The molecule has 1 aromatic heterocycles. The molecule has 6 nitrogen and oxygen atoms in total. The van der Waals surface area contributed by atoms with Crippen molar-refractivity contribution in [1.82, 2.24) is 14.8 Å². The van der Waals surface area contributed by atoms with Crippen LogP contribution in [-0.4, -0.2) is 65.1 Å². The number of rotatable bonds is 4. The Morgan fingerprint density at radius 3 is 2.93 bits per heavy atom. The first-order valence-electron chi connectivity index (χ1n) is 10.2. The molecule has 152 valence electrons. The van der Waals surface area contributed by atoms with E-state index in [1.165, 1.54) is 4.90 Å². The number of carbonyl (C=O) groups excluding carboxylic acids is 1. The number of hydrogen-bond acceptors (Lipinski definition) is 5. The van der Waals surface area contributed by atoms with Crippen LogP contribution in [0.1, 0.15) is 24.8 Å². The summed E-state index contributed by atoms with van der Waals surface area (Å²) in [6.45, 7) is 3.95. The molecule has 0 spiro atoms. The fourth-order valence-electron chi connectivity index (χ4n) is 4.30. The largest absolute Gasteiger partial charge is 0.382 e. The number of aryl methyl sites for hydroxylation is 1. The molecule has 2 saturated heterocycles. The normalized spacial score (nSPS) is 23.3. The molecule has 0 bridgehead atoms. The molecule has 2 atom stereocenters. The highest BCUT2D eigenvalue weighted by Crippen LogP contribution is 2.26. The zero-order valence-electron chi connectivity index (χ0n) is 16.6. The van der Waals surface area contributed by atoms with Crippen molar-refractivity contribution in [3.63, 3.8) is 0 Å². The van der Waals surface area contributed by atoms with Gasteiger partial charge in [-0.1, -0.05) is 6.07 Å². The number of hydrogen-bond donors (Lipinski definition) is 1. The molecule has 0 aliphatic carbocycles. The van der Waals surface area contributed by atoms with Crippen LogP contribution in [0, 0.1) is 18.3 Å². The van der Waals surface area contributed by atoms with Gasteiger partial charge in [-0.2, -0.15) is 5.26 Å². The number of fused-ring (bicyclic) bond motifs is 1. The summed E-state index contributed by atoms with van der Waals surface area (Å²) in [6, 6.07) is 10.0. The Morgan fingerprint density at radius 1 is 1.38 bits per heavy atom. The quantitative estimate of drug-likeness (QED) is 0.862. The van der Waals surface area contributed by atoms with Crippen molar-refractivity contribution >= 4 is 22.5 Å². The van der Waals surface area contributed by atoms with Gasteiger partial charge in [-0.25, -0.2) is 4.39 Å². The molecular formula is C22H26FN5O. The number of benzene rings is 1. The number of nitrogens with one attached hydrogen (secondary N) is 1. The van der Waals surface area contributed by atoms with Crippen LogP contribution in [0.5, 0.6) is 0 Å². The lowest BCUT2D eigenvalue weighted by molar-refractivity contribution is -0.132. The Balaban J connectivity index is 1.33. The fraction of sp³-hybridized carbons (Fsp3) is 0.500. The molecule has 1 amide bonds. The van der Waals surface area contributed by atoms with Crippen molar-refractivity contribution in [2.75, 3.05) is 31.5 Å². The van der Waals surface area contributed by atoms with Gasteiger partial charge in [0.25, 0.3) is 0 Å². The van der Waals surface area contributed by atoms with Gasteiger partial charge in [0.15, 0.2) is 0 Å². The van der Waals surface area contributed by atoms with Gasteiger partial charge in [0.05, 0.1) is 24.7 Å². The molecule has 2 aliphatic rings. The van der Waals surface area contributed by atoms with Crippen molar-refractivity contribution in [2.24, 2.45) is 0 Å². The van der Waals surface area contributed by atoms with E-state index in [9.17, 15) is 9.18 Å². The van der Waals surface area contributed by atoms with Gasteiger partial charge in [-0.3, -0.25) is 14.7 Å². The summed E-state index contributed by atoms with van der Waals surface area (Å²) in [5, 5.41) is 13.9. The van der Waals surface area contributed by atoms with E-state index in [1.807, 2.05) is 31.3 Å². The van der Waals surface area contributed by atoms with Gasteiger partial charge in [0.2, 0.25) is 5.91 Å². The Labute approximate surface area is 170 Å². The van der Waals surface area contributed by atoms with Gasteiger partial charge in [-0.15, -0.1) is 0 Å². The van der Waals surface area contributed by atoms with Crippen LogP contribution in [0.2, 0.25) is 0 Å². The fourth-order valence-corrected chi connectivity index (χ4v) is 4.30. The minimum atomic E-state index is -1.09. The summed E-state index contributed by atoms with van der Waals surface area (Å²) >= 11 is 0. The standard InChI is InChI=1S/C22H26FN5O/c1-15-9-19-20(25-12-15)3-2-4-21(19)26-17-5-7-27(8-6-17)14-22(29)28-13-16(23)10-18(28)11-24/h2-4,9,12,16-18,26H,5-8,10,13-14H2,1H3/t16-,18-/m0/s1. The average molecular weight is 395 g/mol. The van der Waals surface area contributed by atoms with Gasteiger partial charge in [0, 0.05) is 42.8 Å². The van der Waals surface area contributed by atoms with Crippen LogP contribution >= 0.6 is 0 Å². The smallest absolute Gasteiger partial charge is 0.237 e. The minimum absolute atomic E-state index is 0.0453. The van der Waals surface area contributed by atoms with Gasteiger partial charge >= 0.3 is 0 Å². The topological polar surface area (TPSA) is 72.3 Å². The summed E-state index contributed by atoms with van der Waals surface area (Å²) in [6.07, 6.45) is 2.78. The monoisotopic (exact) mass is 395 g/mol. The molecule has 0 radical (unpaired) electrons. The summed E-state index contributed by atoms with van der Waals surface area (Å²) in [5.41, 5.74) is 3.21. The van der Waals surface area contributed by atoms with Crippen molar-refractivity contribution in [3.05, 3.63) is 36.0 Å². The van der Waals surface area contributed by atoms with Crippen molar-refractivity contribution in [1.29, 1.82) is 5.26 Å². The van der Waals surface area contributed by atoms with Crippen LogP contribution in [0.3, 0.4) is 0 Å². The van der Waals surface area contributed by atoms with Crippen molar-refractivity contribution in [3.8, 4) is 6.07 Å². The van der Waals surface area contributed by atoms with E-state index in [4.69, 9.17) is 5.26 Å². The maximum Gasteiger partial charge on any atom is 0.237 e. The second kappa shape index (κ2) is 8.34. The van der Waals surface area contributed by atoms with Crippen LogP contribution in [-0.2, 0) is 4.79 Å². The highest BCUT2D eigenvalue weighted by molar-refractivity contribution is 5.91. The number of alkyl halides is 1. The van der Waals surface area contributed by atoms with Crippen LogP contribution in [0.25, 0.3) is 10.9 Å². The zero-order valence-corrected chi connectivity index (χ0v) is 16.6. The second-order valence-corrected chi connectivity index (χ2v) is 8.10. The van der Waals surface area contributed by atoms with Crippen molar-refractivity contribution in [2.45, 2.75) is 44.4 Å². The van der Waals surface area contributed by atoms with Crippen LogP contribution in [0.15, 0.2) is 30.5 Å². The Bertz CT molecular complexity index is 934. The lowest BCUT2D eigenvalue weighted by Gasteiger charge is -2.33. The highest BCUT2D eigenvalue weighted by Gasteiger charge is 2.36. The third-order valence-corrected chi connectivity index (χ3v) is 5.89. The molecule has 2 fully saturated rings. The number of aromatic nitrogens is 1. The highest BCUT2D eigenvalue weighted by atomic mass is 19.1. The lowest BCUT2D eigenvalue weighted by Crippen LogP contribution is -2.46. The molecule has 29 heavy (non-hydrogen) atoms. The lowest BCUT2D eigenvalue weighted by atomic mass is 10.0. The molecule has 0 saturated carbocycles. The van der Waals surface area contributed by atoms with Gasteiger partial charge in [-0.05, 0) is 43.5 Å². The summed E-state index contributed by atoms with van der Waals surface area (Å²) in [7, 11) is 0. The number of nitrogens with zero attached hydrogens (tertiary/aromatic N) is 4. The molecule has 7 heteroatoms. The molecule has 3 heterocycles. The van der Waals surface area contributed by atoms with E-state index >= 15 is 0 Å². The molecule has 2 aromatic rings. The van der Waals surface area contributed by atoms with Crippen LogP contribution < -0.4 is 5.32 Å². The van der Waals surface area contributed by atoms with E-state index < -0.39 is 12.2 Å². The van der Waals surface area contributed by atoms with Gasteiger partial charge < -0.3 is 10.2 Å². The maximum absolute atomic E-state index is 13.6. The minimum Gasteiger partial charge on any atom is -0.382 e. The molecule has 0 unspecified atom stereocenters. The Morgan fingerprint density at radius 2 is 2.17 bits per heavy atom. The van der Waals surface area contributed by atoms with Gasteiger partial charge in [0.1, 0.15) is 12.2 Å². The predicted octanol–water partition coefficient (Wildman–Crippen LogP) is 2.88. The Hall–Kier alpha value is -2.72. The number of anilines is 1. The van der Waals surface area contributed by atoms with E-state index in [1.54, 1.807) is 0 Å². The third-order valence-electron chi connectivity index (χ3n) is 5.89. The van der Waals surface area contributed by atoms with E-state index in [0.717, 1.165) is 48.1 Å². The van der Waals surface area contributed by atoms with E-state index in [0.29, 0.717) is 6.04 Å². The zero-order chi connectivity index (χ0) is 20.4. The summed E-state index contributed by atoms with van der Waals surface area (Å²) in [4.78, 5) is 20.5. The summed E-state index contributed by atoms with van der Waals surface area (Å²) < 4.78 is 13.6. The van der Waals surface area contributed by atoms with Crippen molar-refractivity contribution < 1.29 is 9.18 Å². The maximum atomic E-state index is 13.6. The summed E-state index contributed by atoms with van der Waals surface area (Å²) in [5.74, 6) is -0.140. The SMILES string of the molecule is Cc1cnc2cccc(NC3CCN(CC(=O)N4C[C@@H](F)C[C@H]4C#N)CC3)c2c1. The third kappa shape index (κ3) is 4.33. The first-order valence-corrected chi connectivity index (χ1v) is 10.2. The number of piperidine rings is 1. The van der Waals surface area contributed by atoms with E-state index in [-0.39, 0.29) is 25.4 Å². The molecular weight excluding hydrogens is 369 g/mol. The number of nitriles is 1. The predicted molar refractivity (Wildman–Crippen MR) is 110 cm³/mol. The van der Waals surface area contributed by atoms with Crippen LogP contribution in [0.4, 0.5) is 10.1 Å². The number of amides is 1. The molecule has 2 aliphatic heterocycles.